The van der Waals surface area contributed by atoms with Crippen molar-refractivity contribution in [1.82, 2.24) is 9.62 Å². The number of likely N-dealkylation sites (tertiary alicyclic amines) is 1. The van der Waals surface area contributed by atoms with Gasteiger partial charge in [-0.2, -0.15) is 8.78 Å². The van der Waals surface area contributed by atoms with Gasteiger partial charge >= 0.3 is 5.76 Å². The van der Waals surface area contributed by atoms with E-state index in [2.05, 4.69) is 0 Å². The van der Waals surface area contributed by atoms with Crippen LogP contribution in [0.25, 0.3) is 11.1 Å². The largest absolute Gasteiger partial charge is 0.350 e. The number of rotatable bonds is 7. The Balaban J connectivity index is 1.78. The number of benzene rings is 2. The molecule has 1 saturated heterocycles. The average molecular weight is 538 g/mol. The molecule has 1 aliphatic heterocycles. The molecule has 1 amide bonds. The molecule has 3 atom stereocenters. The summed E-state index contributed by atoms with van der Waals surface area (Å²) in [6.45, 7) is 0.773. The van der Waals surface area contributed by atoms with Gasteiger partial charge < -0.3 is 4.90 Å². The molecule has 0 bridgehead atoms. The summed E-state index contributed by atoms with van der Waals surface area (Å²) in [6.07, 6.45) is -1.93. The number of nitrogens with one attached hydrogen (secondary N) is 1. The zero-order valence-electron chi connectivity index (χ0n) is 18.8. The first-order valence-electron chi connectivity index (χ1n) is 10.9. The molecule has 13 heteroatoms. The van der Waals surface area contributed by atoms with E-state index in [-0.39, 0.29) is 12.1 Å². The third-order valence-corrected chi connectivity index (χ3v) is 7.74. The Kier molecular flexibility index (Phi) is 6.84. The van der Waals surface area contributed by atoms with Gasteiger partial charge in [-0.05, 0) is 61.6 Å². The minimum atomic E-state index is -5.15. The minimum absolute atomic E-state index is 0.167. The average Bonchev–Trinajstić information content (AvgIpc) is 3.49. The number of carbonyl (C=O) groups is 1. The lowest BCUT2D eigenvalue weighted by Crippen LogP contribution is -2.51. The maximum Gasteiger partial charge on any atom is 0.350 e. The summed E-state index contributed by atoms with van der Waals surface area (Å²) in [6, 6.07) is 0.882. The number of amides is 1. The molecule has 1 spiro atoms. The van der Waals surface area contributed by atoms with Crippen LogP contribution < -0.4 is 4.72 Å². The van der Waals surface area contributed by atoms with Gasteiger partial charge in [-0.1, -0.05) is 0 Å². The Morgan fingerprint density at radius 2 is 1.61 bits per heavy atom. The van der Waals surface area contributed by atoms with Crippen molar-refractivity contribution in [2.45, 2.75) is 50.2 Å². The van der Waals surface area contributed by atoms with Gasteiger partial charge in [-0.3, -0.25) is 4.79 Å². The Hall–Kier alpha value is -2.67. The van der Waals surface area contributed by atoms with E-state index in [1.165, 1.54) is 0 Å². The van der Waals surface area contributed by atoms with Gasteiger partial charge in [0.2, 0.25) is 0 Å². The van der Waals surface area contributed by atoms with Gasteiger partial charge in [0, 0.05) is 29.6 Å². The van der Waals surface area contributed by atoms with E-state index in [1.54, 1.807) is 0 Å². The lowest BCUT2D eigenvalue weighted by Gasteiger charge is -2.30. The second kappa shape index (κ2) is 9.33. The smallest absolute Gasteiger partial charge is 0.335 e. The zero-order valence-corrected chi connectivity index (χ0v) is 19.6. The molecular weight excluding hydrogens is 517 g/mol. The Morgan fingerprint density at radius 3 is 2.14 bits per heavy atom. The van der Waals surface area contributed by atoms with Gasteiger partial charge in [0.1, 0.15) is 23.3 Å². The van der Waals surface area contributed by atoms with Crippen LogP contribution in [0.4, 0.5) is 30.7 Å². The van der Waals surface area contributed by atoms with Crippen molar-refractivity contribution in [1.29, 1.82) is 0 Å². The molecule has 4 rings (SSSR count). The lowest BCUT2D eigenvalue weighted by atomic mass is 9.91. The molecule has 5 nitrogen and oxygen atoms in total. The summed E-state index contributed by atoms with van der Waals surface area (Å²) in [5.41, 5.74) is -2.21. The Bertz CT molecular complexity index is 1280. The van der Waals surface area contributed by atoms with E-state index in [9.17, 15) is 39.6 Å². The van der Waals surface area contributed by atoms with Crippen LogP contribution in [0.2, 0.25) is 0 Å². The van der Waals surface area contributed by atoms with E-state index in [0.717, 1.165) is 30.0 Å². The SMILES string of the molecule is CC(F)C(=O)N1CC2(CC2)[C@H](NS(=O)(=O)C(F)F)[C@@H]1Cc1cc(F)cc(-c2cc(F)cc(F)c2)c1F. The molecule has 1 aliphatic carbocycles. The topological polar surface area (TPSA) is 66.5 Å². The Labute approximate surface area is 202 Å². The Morgan fingerprint density at radius 1 is 1.03 bits per heavy atom. The predicted octanol–water partition coefficient (Wildman–Crippen LogP) is 4.31. The second-order valence-electron chi connectivity index (χ2n) is 9.20. The number of carbonyl (C=O) groups excluding carboxylic acids is 1. The van der Waals surface area contributed by atoms with Crippen LogP contribution in [0, 0.1) is 28.7 Å². The number of hydrogen-bond acceptors (Lipinski definition) is 3. The monoisotopic (exact) mass is 538 g/mol. The van der Waals surface area contributed by atoms with Gasteiger partial charge in [0.25, 0.3) is 15.9 Å². The lowest BCUT2D eigenvalue weighted by molar-refractivity contribution is -0.137. The molecule has 2 fully saturated rings. The molecule has 196 valence electrons. The molecule has 36 heavy (non-hydrogen) atoms. The summed E-state index contributed by atoms with van der Waals surface area (Å²) < 4.78 is 123. The first-order valence-corrected chi connectivity index (χ1v) is 12.5. The van der Waals surface area contributed by atoms with E-state index >= 15 is 4.39 Å². The summed E-state index contributed by atoms with van der Waals surface area (Å²) in [4.78, 5) is 13.6. The first kappa shape index (κ1) is 26.4. The third kappa shape index (κ3) is 4.95. The summed E-state index contributed by atoms with van der Waals surface area (Å²) >= 11 is 0. The molecule has 0 radical (unpaired) electrons. The maximum absolute atomic E-state index is 15.5. The molecule has 1 saturated carbocycles. The molecule has 0 aromatic heterocycles. The summed E-state index contributed by atoms with van der Waals surface area (Å²) in [5.74, 6) is -9.07. The number of nitrogens with zero attached hydrogens (tertiary/aromatic N) is 1. The van der Waals surface area contributed by atoms with Crippen LogP contribution >= 0.6 is 0 Å². The van der Waals surface area contributed by atoms with E-state index in [1.807, 2.05) is 4.72 Å². The summed E-state index contributed by atoms with van der Waals surface area (Å²) in [5, 5.41) is 0. The quantitative estimate of drug-likeness (QED) is 0.535. The molecule has 2 aliphatic rings. The van der Waals surface area contributed by atoms with Crippen LogP contribution in [0.1, 0.15) is 25.3 Å². The fraction of sp³-hybridized carbons (Fsp3) is 0.435. The first-order chi connectivity index (χ1) is 16.7. The van der Waals surface area contributed by atoms with E-state index in [0.29, 0.717) is 25.0 Å². The fourth-order valence-corrected chi connectivity index (χ4v) is 5.71. The van der Waals surface area contributed by atoms with Gasteiger partial charge in [0.15, 0.2) is 6.17 Å². The molecule has 1 unspecified atom stereocenters. The van der Waals surface area contributed by atoms with Crippen LogP contribution in [0.15, 0.2) is 30.3 Å². The molecule has 2 aromatic rings. The van der Waals surface area contributed by atoms with E-state index in [4.69, 9.17) is 0 Å². The zero-order chi connectivity index (χ0) is 26.6. The van der Waals surface area contributed by atoms with Crippen molar-refractivity contribution in [2.75, 3.05) is 6.54 Å². The van der Waals surface area contributed by atoms with Gasteiger partial charge in [0.05, 0.1) is 6.04 Å². The van der Waals surface area contributed by atoms with Crippen molar-refractivity contribution in [3.05, 3.63) is 59.2 Å². The number of halogens is 7. The number of alkyl halides is 3. The normalized spacial score (nSPS) is 21.9. The number of hydrogen-bond donors (Lipinski definition) is 1. The highest BCUT2D eigenvalue weighted by molar-refractivity contribution is 7.89. The van der Waals surface area contributed by atoms with Crippen molar-refractivity contribution in [3.8, 4) is 11.1 Å². The third-order valence-electron chi connectivity index (χ3n) is 6.69. The summed E-state index contributed by atoms with van der Waals surface area (Å²) in [7, 11) is -5.15. The van der Waals surface area contributed by atoms with Crippen molar-refractivity contribution in [3.63, 3.8) is 0 Å². The molecule has 1 heterocycles. The number of sulfonamides is 1. The highest BCUT2D eigenvalue weighted by Crippen LogP contribution is 2.56. The molecule has 1 N–H and O–H groups in total. The minimum Gasteiger partial charge on any atom is -0.335 e. The van der Waals surface area contributed by atoms with Gasteiger partial charge in [-0.25, -0.2) is 35.1 Å². The molecule has 2 aromatic carbocycles. The van der Waals surface area contributed by atoms with Crippen LogP contribution in [0.5, 0.6) is 0 Å². The maximum atomic E-state index is 15.5. The van der Waals surface area contributed by atoms with E-state index < -0.39 is 86.2 Å². The highest BCUT2D eigenvalue weighted by atomic mass is 32.2. The van der Waals surface area contributed by atoms with Crippen molar-refractivity contribution in [2.24, 2.45) is 5.41 Å². The second-order valence-corrected chi connectivity index (χ2v) is 10.9. The van der Waals surface area contributed by atoms with Gasteiger partial charge in [-0.15, -0.1) is 0 Å². The van der Waals surface area contributed by atoms with Crippen molar-refractivity contribution < 1.29 is 43.9 Å². The standard InChI is InChI=1S/C23H21F7N2O3S/c1-11(24)21(33)32-10-23(2-3-23)20(31-36(34,35)22(29)30)18(32)7-13-6-16(27)9-17(19(13)28)12-4-14(25)8-15(26)5-12/h4-6,8-9,11,18,20,22,31H,2-3,7,10H2,1H3/t11?,18-,20+/m0/s1. The van der Waals surface area contributed by atoms with Crippen LogP contribution in [-0.2, 0) is 21.2 Å². The molecular formula is C23H21F7N2O3S. The van der Waals surface area contributed by atoms with Crippen molar-refractivity contribution >= 4 is 15.9 Å². The van der Waals surface area contributed by atoms with Crippen LogP contribution in [-0.4, -0.2) is 49.8 Å². The fourth-order valence-electron chi connectivity index (χ4n) is 4.84. The van der Waals surface area contributed by atoms with Crippen LogP contribution in [0.3, 0.4) is 0 Å². The predicted molar refractivity (Wildman–Crippen MR) is 115 cm³/mol. The highest BCUT2D eigenvalue weighted by Gasteiger charge is 2.62.